The molecule has 56 heavy (non-hydrogen) atoms. The minimum Gasteiger partial charge on any atom is -0.248 e. The van der Waals surface area contributed by atoms with E-state index in [1.54, 1.807) is 0 Å². The van der Waals surface area contributed by atoms with Crippen molar-refractivity contribution in [1.82, 2.24) is 15.0 Å². The third kappa shape index (κ3) is 4.96. The van der Waals surface area contributed by atoms with Crippen LogP contribution in [0.1, 0.15) is 0 Å². The Morgan fingerprint density at radius 2 is 0.821 bits per heavy atom. The lowest BCUT2D eigenvalue weighted by Crippen LogP contribution is -1.98. The molecule has 4 nitrogen and oxygen atoms in total. The molecule has 0 saturated carbocycles. The molecule has 9 aromatic carbocycles. The van der Waals surface area contributed by atoms with Gasteiger partial charge in [0.1, 0.15) is 0 Å². The van der Waals surface area contributed by atoms with E-state index in [1.807, 2.05) is 60.7 Å². The van der Waals surface area contributed by atoms with Crippen LogP contribution >= 0.6 is 0 Å². The van der Waals surface area contributed by atoms with E-state index in [4.69, 9.17) is 21.5 Å². The second-order valence-corrected chi connectivity index (χ2v) is 14.2. The van der Waals surface area contributed by atoms with Gasteiger partial charge in [-0.25, -0.2) is 19.8 Å². The number of para-hydroxylation sites is 1. The normalized spacial score (nSPS) is 11.6. The quantitative estimate of drug-likeness (QED) is 0.135. The Morgan fingerprint density at radius 3 is 1.48 bits per heavy atom. The Morgan fingerprint density at radius 1 is 0.321 bits per heavy atom. The average Bonchev–Trinajstić information content (AvgIpc) is 3.28. The first kappa shape index (κ1) is 31.8. The van der Waals surface area contributed by atoms with Crippen LogP contribution in [0.5, 0.6) is 0 Å². The predicted molar refractivity (Wildman–Crippen MR) is 233 cm³/mol. The van der Waals surface area contributed by atoms with E-state index in [1.165, 1.54) is 32.3 Å². The SMILES string of the molecule is [C-]#[N+]c1cc2nc(-c3ccccc3)c(-c3ccccc3)nc2c2c1c(-c1cccc(-c3ccc4c5ccccc5c5ccccc5c4c3)c1)nc1ccccc12. The highest BCUT2D eigenvalue weighted by atomic mass is 14.8. The van der Waals surface area contributed by atoms with Gasteiger partial charge in [-0.1, -0.05) is 158 Å². The van der Waals surface area contributed by atoms with Crippen LogP contribution in [0.3, 0.4) is 0 Å². The zero-order valence-electron chi connectivity index (χ0n) is 30.1. The summed E-state index contributed by atoms with van der Waals surface area (Å²) in [4.78, 5) is 20.2. The van der Waals surface area contributed by atoms with Crippen molar-refractivity contribution in [2.45, 2.75) is 0 Å². The maximum Gasteiger partial charge on any atom is 0.199 e. The summed E-state index contributed by atoms with van der Waals surface area (Å²) in [5, 5.41) is 10.1. The summed E-state index contributed by atoms with van der Waals surface area (Å²) in [5.74, 6) is 0. The highest BCUT2D eigenvalue weighted by Crippen LogP contribution is 2.44. The molecular weight excluding hydrogens is 681 g/mol. The molecule has 0 saturated heterocycles. The Balaban J connectivity index is 1.18. The summed E-state index contributed by atoms with van der Waals surface area (Å²) < 4.78 is 0. The molecule has 0 atom stereocenters. The molecule has 258 valence electrons. The second kappa shape index (κ2) is 12.7. The summed E-state index contributed by atoms with van der Waals surface area (Å²) >= 11 is 0. The Labute approximate surface area is 322 Å². The van der Waals surface area contributed by atoms with Crippen molar-refractivity contribution in [3.8, 4) is 44.9 Å². The monoisotopic (exact) mass is 710 g/mol. The van der Waals surface area contributed by atoms with Gasteiger partial charge in [-0.05, 0) is 67.7 Å². The van der Waals surface area contributed by atoms with E-state index in [-0.39, 0.29) is 0 Å². The average molecular weight is 711 g/mol. The molecule has 11 aromatic rings. The molecule has 0 aliphatic rings. The van der Waals surface area contributed by atoms with Crippen molar-refractivity contribution in [3.63, 3.8) is 0 Å². The summed E-state index contributed by atoms with van der Waals surface area (Å²) in [6.07, 6.45) is 0. The summed E-state index contributed by atoms with van der Waals surface area (Å²) in [6.45, 7) is 8.49. The summed E-state index contributed by atoms with van der Waals surface area (Å²) in [6, 6.07) is 63.1. The van der Waals surface area contributed by atoms with Gasteiger partial charge >= 0.3 is 0 Å². The largest absolute Gasteiger partial charge is 0.248 e. The van der Waals surface area contributed by atoms with E-state index in [2.05, 4.69) is 126 Å². The molecule has 0 N–H and O–H groups in total. The zero-order chi connectivity index (χ0) is 37.2. The third-order valence-corrected chi connectivity index (χ3v) is 11.0. The molecule has 0 amide bonds. The molecule has 0 aliphatic heterocycles. The second-order valence-electron chi connectivity index (χ2n) is 14.2. The van der Waals surface area contributed by atoms with Crippen molar-refractivity contribution >= 4 is 70.7 Å². The van der Waals surface area contributed by atoms with Gasteiger partial charge in [0.15, 0.2) is 5.69 Å². The number of hydrogen-bond donors (Lipinski definition) is 0. The lowest BCUT2D eigenvalue weighted by atomic mass is 9.91. The van der Waals surface area contributed by atoms with Crippen LogP contribution in [0.4, 0.5) is 5.69 Å². The van der Waals surface area contributed by atoms with Crippen LogP contribution in [0.25, 0.3) is 115 Å². The van der Waals surface area contributed by atoms with Gasteiger partial charge in [-0.2, -0.15) is 0 Å². The van der Waals surface area contributed by atoms with E-state index in [9.17, 15) is 0 Å². The number of nitrogens with zero attached hydrogens (tertiary/aromatic N) is 4. The smallest absolute Gasteiger partial charge is 0.199 e. The van der Waals surface area contributed by atoms with Gasteiger partial charge < -0.3 is 0 Å². The number of pyridine rings is 1. The van der Waals surface area contributed by atoms with Gasteiger partial charge in [-0.15, -0.1) is 0 Å². The van der Waals surface area contributed by atoms with Gasteiger partial charge in [-0.3, -0.25) is 0 Å². The maximum absolute atomic E-state index is 8.49. The fourth-order valence-corrected chi connectivity index (χ4v) is 8.47. The molecule has 0 fully saturated rings. The fourth-order valence-electron chi connectivity index (χ4n) is 8.47. The van der Waals surface area contributed by atoms with Crippen molar-refractivity contribution in [1.29, 1.82) is 0 Å². The van der Waals surface area contributed by atoms with Crippen LogP contribution in [0, 0.1) is 6.57 Å². The number of hydrogen-bond acceptors (Lipinski definition) is 3. The molecule has 2 heterocycles. The standard InChI is InChI=1S/C52H30N4/c1-53-45-31-46-52(56-51(33-17-6-3-7-18-33)50(55-46)32-15-4-2-5-16-32)47-42-25-12-13-26-44(42)54-49(48(45)47)36-20-14-19-34(29-36)35-27-28-41-39-23-9-8-21-37(39)38-22-10-11-24-40(38)43(41)30-35/h2-31H. The molecule has 11 rings (SSSR count). The Hall–Kier alpha value is -7.74. The molecule has 0 spiro atoms. The lowest BCUT2D eigenvalue weighted by Gasteiger charge is -2.17. The molecule has 2 aromatic heterocycles. The topological polar surface area (TPSA) is 43.0 Å². The fraction of sp³-hybridized carbons (Fsp3) is 0. The summed E-state index contributed by atoms with van der Waals surface area (Å²) in [5.41, 5.74) is 10.2. The van der Waals surface area contributed by atoms with Crippen molar-refractivity contribution in [3.05, 3.63) is 193 Å². The molecular formula is C52H30N4. The van der Waals surface area contributed by atoms with Gasteiger partial charge in [0.25, 0.3) is 0 Å². The van der Waals surface area contributed by atoms with Crippen LogP contribution in [-0.4, -0.2) is 15.0 Å². The van der Waals surface area contributed by atoms with Crippen LogP contribution in [0.15, 0.2) is 182 Å². The number of aromatic nitrogens is 3. The number of fused-ring (bicyclic) bond motifs is 11. The van der Waals surface area contributed by atoms with Crippen LogP contribution < -0.4 is 0 Å². The predicted octanol–water partition coefficient (Wildman–Crippen LogP) is 14.0. The maximum atomic E-state index is 8.49. The molecule has 0 bridgehead atoms. The molecule has 4 heteroatoms. The third-order valence-electron chi connectivity index (χ3n) is 11.0. The Kier molecular flexibility index (Phi) is 7.20. The number of benzene rings is 9. The first-order chi connectivity index (χ1) is 27.7. The van der Waals surface area contributed by atoms with Crippen molar-refractivity contribution in [2.24, 2.45) is 0 Å². The first-order valence-electron chi connectivity index (χ1n) is 18.7. The molecule has 0 unspecified atom stereocenters. The Bertz CT molecular complexity index is 3390. The van der Waals surface area contributed by atoms with Gasteiger partial charge in [0.05, 0.1) is 40.2 Å². The minimum absolute atomic E-state index is 0.496. The first-order valence-corrected chi connectivity index (χ1v) is 18.7. The lowest BCUT2D eigenvalue weighted by molar-refractivity contribution is 1.30. The molecule has 0 aliphatic carbocycles. The number of rotatable bonds is 4. The zero-order valence-corrected chi connectivity index (χ0v) is 30.1. The van der Waals surface area contributed by atoms with Crippen LogP contribution in [-0.2, 0) is 0 Å². The summed E-state index contributed by atoms with van der Waals surface area (Å²) in [7, 11) is 0. The van der Waals surface area contributed by atoms with Crippen molar-refractivity contribution < 1.29 is 0 Å². The van der Waals surface area contributed by atoms with E-state index in [0.29, 0.717) is 11.2 Å². The van der Waals surface area contributed by atoms with E-state index < -0.39 is 0 Å². The highest BCUT2D eigenvalue weighted by Gasteiger charge is 2.22. The molecule has 0 radical (unpaired) electrons. The van der Waals surface area contributed by atoms with Gasteiger partial charge in [0, 0.05) is 32.8 Å². The van der Waals surface area contributed by atoms with E-state index >= 15 is 0 Å². The van der Waals surface area contributed by atoms with Crippen LogP contribution in [0.2, 0.25) is 0 Å². The van der Waals surface area contributed by atoms with Gasteiger partial charge in [0.2, 0.25) is 0 Å². The minimum atomic E-state index is 0.496. The van der Waals surface area contributed by atoms with E-state index in [0.717, 1.165) is 72.1 Å². The highest BCUT2D eigenvalue weighted by molar-refractivity contribution is 6.27. The van der Waals surface area contributed by atoms with Crippen molar-refractivity contribution in [2.75, 3.05) is 0 Å².